The molecule has 0 saturated heterocycles. The van der Waals surface area contributed by atoms with Gasteiger partial charge in [0.2, 0.25) is 5.03 Å². The van der Waals surface area contributed by atoms with Crippen molar-refractivity contribution in [2.75, 3.05) is 7.11 Å². The molecule has 4 nitrogen and oxygen atoms in total. The van der Waals surface area contributed by atoms with Crippen molar-refractivity contribution in [1.29, 1.82) is 0 Å². The number of hydrogen-bond donors (Lipinski definition) is 0. The van der Waals surface area contributed by atoms with E-state index < -0.39 is 31.8 Å². The van der Waals surface area contributed by atoms with Gasteiger partial charge in [-0.25, -0.2) is 22.2 Å². The van der Waals surface area contributed by atoms with E-state index in [-0.39, 0.29) is 5.69 Å². The zero-order valence-corrected chi connectivity index (χ0v) is 9.94. The molecular formula is C8H8ClF2NO3S. The predicted molar refractivity (Wildman–Crippen MR) is 53.5 cm³/mol. The zero-order chi connectivity index (χ0) is 12.5. The Balaban J connectivity index is 3.62. The molecular weight excluding hydrogens is 264 g/mol. The average molecular weight is 272 g/mol. The molecule has 16 heavy (non-hydrogen) atoms. The van der Waals surface area contributed by atoms with E-state index in [9.17, 15) is 17.2 Å². The predicted octanol–water partition coefficient (Wildman–Crippen LogP) is 2.26. The molecule has 0 unspecified atom stereocenters. The maximum Gasteiger partial charge on any atom is 0.282 e. The Kier molecular flexibility index (Phi) is 3.69. The maximum absolute atomic E-state index is 12.6. The van der Waals surface area contributed by atoms with Gasteiger partial charge in [-0.05, 0) is 13.0 Å². The molecule has 0 N–H and O–H groups in total. The van der Waals surface area contributed by atoms with Crippen molar-refractivity contribution < 1.29 is 21.9 Å². The first kappa shape index (κ1) is 13.1. The Morgan fingerprint density at radius 3 is 2.44 bits per heavy atom. The van der Waals surface area contributed by atoms with Gasteiger partial charge in [-0.1, -0.05) is 0 Å². The number of hydrogen-bond acceptors (Lipinski definition) is 4. The first-order chi connectivity index (χ1) is 7.27. The molecule has 0 atom stereocenters. The summed E-state index contributed by atoms with van der Waals surface area (Å²) in [5, 5.41) is -0.688. The van der Waals surface area contributed by atoms with Gasteiger partial charge in [0, 0.05) is 16.4 Å². The minimum atomic E-state index is -4.22. The summed E-state index contributed by atoms with van der Waals surface area (Å²) in [6.07, 6.45) is -2.87. The average Bonchev–Trinajstić information content (AvgIpc) is 2.14. The largest absolute Gasteiger partial charge is 0.493 e. The molecule has 1 rings (SSSR count). The van der Waals surface area contributed by atoms with Crippen LogP contribution in [0.4, 0.5) is 8.78 Å². The van der Waals surface area contributed by atoms with E-state index in [1.54, 1.807) is 0 Å². The van der Waals surface area contributed by atoms with E-state index in [0.717, 1.165) is 13.2 Å². The van der Waals surface area contributed by atoms with Crippen LogP contribution in [0.25, 0.3) is 0 Å². The lowest BCUT2D eigenvalue weighted by Crippen LogP contribution is -2.05. The fourth-order valence-corrected chi connectivity index (χ4v) is 2.18. The van der Waals surface area contributed by atoms with Crippen LogP contribution in [0.15, 0.2) is 11.1 Å². The monoisotopic (exact) mass is 271 g/mol. The lowest BCUT2D eigenvalue weighted by molar-refractivity contribution is 0.146. The number of nitrogens with zero attached hydrogens (tertiary/aromatic N) is 1. The minimum Gasteiger partial charge on any atom is -0.493 e. The van der Waals surface area contributed by atoms with Gasteiger partial charge in [0.15, 0.2) is 5.75 Å². The standard InChI is InChI=1S/C8H8ClF2NO3S/c1-4-3-5(7(10)11)6(15-2)8(12-4)16(9,13)14/h3,7H,1-2H3. The molecule has 1 aromatic heterocycles. The Labute approximate surface area is 95.6 Å². The van der Waals surface area contributed by atoms with Crippen molar-refractivity contribution in [2.24, 2.45) is 0 Å². The summed E-state index contributed by atoms with van der Waals surface area (Å²) in [5.74, 6) is -0.518. The molecule has 0 aromatic carbocycles. The third-order valence-corrected chi connectivity index (χ3v) is 2.95. The second-order valence-electron chi connectivity index (χ2n) is 2.93. The molecule has 0 fully saturated rings. The number of aryl methyl sites for hydroxylation is 1. The Bertz CT molecular complexity index is 504. The highest BCUT2D eigenvalue weighted by molar-refractivity contribution is 8.13. The number of halogens is 3. The van der Waals surface area contributed by atoms with Crippen LogP contribution in [0, 0.1) is 6.92 Å². The van der Waals surface area contributed by atoms with Gasteiger partial charge < -0.3 is 4.74 Å². The molecule has 0 aliphatic heterocycles. The van der Waals surface area contributed by atoms with Crippen LogP contribution < -0.4 is 4.74 Å². The molecule has 0 spiro atoms. The zero-order valence-electron chi connectivity index (χ0n) is 8.37. The van der Waals surface area contributed by atoms with Crippen LogP contribution in [0.3, 0.4) is 0 Å². The molecule has 1 heterocycles. The molecule has 1 aromatic rings. The Morgan fingerprint density at radius 1 is 1.50 bits per heavy atom. The molecule has 0 saturated carbocycles. The summed E-state index contributed by atoms with van der Waals surface area (Å²) in [4.78, 5) is 3.58. The van der Waals surface area contributed by atoms with Gasteiger partial charge in [0.1, 0.15) is 0 Å². The van der Waals surface area contributed by atoms with Crippen LogP contribution in [0.2, 0.25) is 0 Å². The second kappa shape index (κ2) is 4.50. The minimum absolute atomic E-state index is 0.121. The number of aromatic nitrogens is 1. The fraction of sp³-hybridized carbons (Fsp3) is 0.375. The Hall–Kier alpha value is -0.950. The molecule has 0 amide bonds. The van der Waals surface area contributed by atoms with E-state index in [1.165, 1.54) is 6.92 Å². The molecule has 0 aliphatic carbocycles. The molecule has 0 bridgehead atoms. The number of alkyl halides is 2. The van der Waals surface area contributed by atoms with E-state index >= 15 is 0 Å². The van der Waals surface area contributed by atoms with Crippen molar-refractivity contribution in [3.05, 3.63) is 17.3 Å². The van der Waals surface area contributed by atoms with Crippen LogP contribution in [-0.4, -0.2) is 20.5 Å². The topological polar surface area (TPSA) is 56.3 Å². The summed E-state index contributed by atoms with van der Waals surface area (Å²) in [7, 11) is 1.93. The second-order valence-corrected chi connectivity index (χ2v) is 5.41. The van der Waals surface area contributed by atoms with E-state index in [0.29, 0.717) is 0 Å². The van der Waals surface area contributed by atoms with E-state index in [2.05, 4.69) is 9.72 Å². The van der Waals surface area contributed by atoms with Gasteiger partial charge in [0.25, 0.3) is 15.5 Å². The lowest BCUT2D eigenvalue weighted by Gasteiger charge is -2.11. The summed E-state index contributed by atoms with van der Waals surface area (Å²) < 4.78 is 52.1. The number of methoxy groups -OCH3 is 1. The van der Waals surface area contributed by atoms with E-state index in [1.807, 2.05) is 0 Å². The quantitative estimate of drug-likeness (QED) is 0.792. The number of pyridine rings is 1. The molecule has 90 valence electrons. The first-order valence-electron chi connectivity index (χ1n) is 4.05. The SMILES string of the molecule is COc1c(C(F)F)cc(C)nc1S(=O)(=O)Cl. The van der Waals surface area contributed by atoms with Gasteiger partial charge in [-0.2, -0.15) is 0 Å². The summed E-state index contributed by atoms with van der Waals surface area (Å²) in [6, 6.07) is 1.05. The first-order valence-corrected chi connectivity index (χ1v) is 6.36. The highest BCUT2D eigenvalue weighted by Gasteiger charge is 2.26. The van der Waals surface area contributed by atoms with Gasteiger partial charge in [0.05, 0.1) is 12.7 Å². The van der Waals surface area contributed by atoms with Crippen molar-refractivity contribution in [2.45, 2.75) is 18.4 Å². The van der Waals surface area contributed by atoms with E-state index in [4.69, 9.17) is 10.7 Å². The molecule has 8 heteroatoms. The van der Waals surface area contributed by atoms with Crippen LogP contribution in [0.5, 0.6) is 5.75 Å². The van der Waals surface area contributed by atoms with Crippen molar-refractivity contribution in [3.63, 3.8) is 0 Å². The number of rotatable bonds is 3. The summed E-state index contributed by atoms with van der Waals surface area (Å²) >= 11 is 0. The van der Waals surface area contributed by atoms with Crippen molar-refractivity contribution >= 4 is 19.7 Å². The van der Waals surface area contributed by atoms with Gasteiger partial charge in [-0.15, -0.1) is 0 Å². The van der Waals surface area contributed by atoms with Crippen LogP contribution in [0.1, 0.15) is 17.7 Å². The van der Waals surface area contributed by atoms with Crippen LogP contribution in [-0.2, 0) is 9.05 Å². The molecule has 0 aliphatic rings. The van der Waals surface area contributed by atoms with Gasteiger partial charge in [-0.3, -0.25) is 0 Å². The third kappa shape index (κ3) is 2.59. The maximum atomic E-state index is 12.6. The lowest BCUT2D eigenvalue weighted by atomic mass is 10.2. The van der Waals surface area contributed by atoms with Gasteiger partial charge >= 0.3 is 0 Å². The van der Waals surface area contributed by atoms with Crippen molar-refractivity contribution in [1.82, 2.24) is 4.98 Å². The van der Waals surface area contributed by atoms with Crippen molar-refractivity contribution in [3.8, 4) is 5.75 Å². The Morgan fingerprint density at radius 2 is 2.06 bits per heavy atom. The fourth-order valence-electron chi connectivity index (χ4n) is 1.19. The molecule has 0 radical (unpaired) electrons. The highest BCUT2D eigenvalue weighted by atomic mass is 35.7. The third-order valence-electron chi connectivity index (χ3n) is 1.77. The normalized spacial score (nSPS) is 11.9. The summed E-state index contributed by atoms with van der Waals surface area (Å²) in [6.45, 7) is 1.39. The summed E-state index contributed by atoms with van der Waals surface area (Å²) in [5.41, 5.74) is -0.426. The highest BCUT2D eigenvalue weighted by Crippen LogP contribution is 2.35. The van der Waals surface area contributed by atoms with Crippen LogP contribution >= 0.6 is 10.7 Å². The number of ether oxygens (including phenoxy) is 1. The smallest absolute Gasteiger partial charge is 0.282 e.